The number of imidazole rings is 1. The van der Waals surface area contributed by atoms with Crippen LogP contribution in [0.1, 0.15) is 38.4 Å². The molecule has 0 saturated carbocycles. The third-order valence-corrected chi connectivity index (χ3v) is 5.44. The van der Waals surface area contributed by atoms with Gasteiger partial charge >= 0.3 is 5.97 Å². The predicted molar refractivity (Wildman–Crippen MR) is 115 cm³/mol. The van der Waals surface area contributed by atoms with E-state index in [-0.39, 0.29) is 37.3 Å². The van der Waals surface area contributed by atoms with Crippen molar-refractivity contribution < 1.29 is 19.2 Å². The number of rotatable bonds is 8. The first-order valence-corrected chi connectivity index (χ1v) is 10.6. The van der Waals surface area contributed by atoms with Gasteiger partial charge in [0, 0.05) is 28.3 Å². The van der Waals surface area contributed by atoms with Crippen LogP contribution in [0.15, 0.2) is 46.4 Å². The lowest BCUT2D eigenvalue weighted by Gasteiger charge is -2.26. The molecule has 2 atom stereocenters. The van der Waals surface area contributed by atoms with Gasteiger partial charge in [-0.1, -0.05) is 47.1 Å². The van der Waals surface area contributed by atoms with Crippen molar-refractivity contribution in [2.75, 3.05) is 6.61 Å². The Bertz CT molecular complexity index is 912. The quantitative estimate of drug-likeness (QED) is 0.569. The summed E-state index contributed by atoms with van der Waals surface area (Å²) in [7, 11) is 0. The van der Waals surface area contributed by atoms with E-state index in [4.69, 9.17) is 9.57 Å². The van der Waals surface area contributed by atoms with E-state index in [0.29, 0.717) is 11.3 Å². The predicted octanol–water partition coefficient (Wildman–Crippen LogP) is 3.09. The molecule has 30 heavy (non-hydrogen) atoms. The molecule has 1 aliphatic rings. The number of ether oxygens (including phenoxy) is 1. The normalized spacial score (nSPS) is 19.2. The molecular weight excluding hydrogens is 452 g/mol. The molecule has 1 unspecified atom stereocenters. The van der Waals surface area contributed by atoms with Gasteiger partial charge in [0.15, 0.2) is 0 Å². The smallest absolute Gasteiger partial charge is 0.358 e. The molecule has 1 aromatic carbocycles. The molecule has 0 aliphatic carbocycles. The Morgan fingerprint density at radius 1 is 1.33 bits per heavy atom. The monoisotopic (exact) mass is 476 g/mol. The van der Waals surface area contributed by atoms with Crippen molar-refractivity contribution in [3.8, 4) is 0 Å². The van der Waals surface area contributed by atoms with Gasteiger partial charge in [-0.2, -0.15) is 0 Å². The number of halogens is 1. The van der Waals surface area contributed by atoms with Crippen LogP contribution in [0.2, 0.25) is 0 Å². The fourth-order valence-corrected chi connectivity index (χ4v) is 3.65. The molecular formula is C21H25BrN4O4. The van der Waals surface area contributed by atoms with E-state index >= 15 is 0 Å². The second-order valence-corrected chi connectivity index (χ2v) is 8.36. The molecule has 0 radical (unpaired) electrons. The van der Waals surface area contributed by atoms with Gasteiger partial charge in [-0.05, 0) is 25.0 Å². The summed E-state index contributed by atoms with van der Waals surface area (Å²) in [5.41, 5.74) is 0.594. The van der Waals surface area contributed by atoms with Crippen LogP contribution in [0.25, 0.3) is 0 Å². The molecule has 0 saturated heterocycles. The number of aromatic amines is 1. The second kappa shape index (κ2) is 9.42. The molecule has 1 aliphatic heterocycles. The average Bonchev–Trinajstić information content (AvgIpc) is 3.37. The number of esters is 1. The van der Waals surface area contributed by atoms with Gasteiger partial charge in [-0.3, -0.25) is 4.79 Å². The summed E-state index contributed by atoms with van der Waals surface area (Å²) in [5.74, 6) is -0.628. The summed E-state index contributed by atoms with van der Waals surface area (Å²) in [6, 6.07) is 6.90. The maximum absolute atomic E-state index is 12.9. The van der Waals surface area contributed by atoms with Crippen LogP contribution in [-0.4, -0.2) is 40.2 Å². The van der Waals surface area contributed by atoms with Crippen LogP contribution in [0, 0.1) is 5.92 Å². The van der Waals surface area contributed by atoms with E-state index in [9.17, 15) is 9.59 Å². The molecule has 0 bridgehead atoms. The van der Waals surface area contributed by atoms with E-state index in [1.54, 1.807) is 25.3 Å². The van der Waals surface area contributed by atoms with Gasteiger partial charge in [-0.25, -0.2) is 9.78 Å². The van der Waals surface area contributed by atoms with Crippen LogP contribution >= 0.6 is 15.9 Å². The number of aromatic nitrogens is 2. The molecule has 2 aromatic rings. The summed E-state index contributed by atoms with van der Waals surface area (Å²) < 4.78 is 6.19. The van der Waals surface area contributed by atoms with E-state index in [1.807, 2.05) is 26.0 Å². The van der Waals surface area contributed by atoms with Crippen molar-refractivity contribution in [1.82, 2.24) is 15.3 Å². The van der Waals surface area contributed by atoms with Crippen LogP contribution in [0.4, 0.5) is 0 Å². The lowest BCUT2D eigenvalue weighted by atomic mass is 9.85. The highest BCUT2D eigenvalue weighted by Gasteiger charge is 2.51. The fraction of sp³-hybridized carbons (Fsp3) is 0.429. The first-order valence-electron chi connectivity index (χ1n) is 9.80. The minimum atomic E-state index is -1.37. The summed E-state index contributed by atoms with van der Waals surface area (Å²) in [5, 5.41) is 7.24. The minimum absolute atomic E-state index is 0.0426. The van der Waals surface area contributed by atoms with Crippen molar-refractivity contribution >= 4 is 33.5 Å². The van der Waals surface area contributed by atoms with E-state index in [0.717, 1.165) is 10.2 Å². The van der Waals surface area contributed by atoms with Gasteiger partial charge in [0.1, 0.15) is 0 Å². The fourth-order valence-electron chi connectivity index (χ4n) is 3.39. The molecule has 2 N–H and O–H groups in total. The number of hydrogen-bond donors (Lipinski definition) is 2. The lowest BCUT2D eigenvalue weighted by Crippen LogP contribution is -2.46. The highest BCUT2D eigenvalue weighted by atomic mass is 79.9. The first kappa shape index (κ1) is 22.0. The topological polar surface area (TPSA) is 106 Å². The van der Waals surface area contributed by atoms with Crippen molar-refractivity contribution in [2.24, 2.45) is 11.1 Å². The third kappa shape index (κ3) is 4.72. The first-order chi connectivity index (χ1) is 14.4. The van der Waals surface area contributed by atoms with Crippen molar-refractivity contribution in [3.63, 3.8) is 0 Å². The van der Waals surface area contributed by atoms with Crippen LogP contribution in [0.3, 0.4) is 0 Å². The number of benzene rings is 1. The Hall–Kier alpha value is -2.68. The van der Waals surface area contributed by atoms with Crippen LogP contribution in [-0.2, 0) is 31.2 Å². The number of nitrogens with one attached hydrogen (secondary N) is 2. The van der Waals surface area contributed by atoms with Crippen molar-refractivity contribution in [2.45, 2.75) is 45.3 Å². The zero-order chi connectivity index (χ0) is 21.7. The Kier molecular flexibility index (Phi) is 6.91. The minimum Gasteiger partial charge on any atom is -0.463 e. The van der Waals surface area contributed by atoms with Crippen molar-refractivity contribution in [1.29, 1.82) is 0 Å². The Morgan fingerprint density at radius 2 is 2.07 bits per heavy atom. The van der Waals surface area contributed by atoms with E-state index in [2.05, 4.69) is 36.4 Å². The molecule has 1 aromatic heterocycles. The highest BCUT2D eigenvalue weighted by Crippen LogP contribution is 2.38. The maximum atomic E-state index is 12.9. The molecule has 0 fully saturated rings. The summed E-state index contributed by atoms with van der Waals surface area (Å²) in [6.07, 6.45) is 3.51. The van der Waals surface area contributed by atoms with Gasteiger partial charge < -0.3 is 19.9 Å². The molecule has 160 valence electrons. The zero-order valence-electron chi connectivity index (χ0n) is 17.1. The number of nitrogens with zero attached hydrogens (tertiary/aromatic N) is 2. The molecule has 9 heteroatoms. The number of hydrogen-bond acceptors (Lipinski definition) is 6. The van der Waals surface area contributed by atoms with E-state index < -0.39 is 11.6 Å². The Morgan fingerprint density at radius 3 is 2.67 bits per heavy atom. The van der Waals surface area contributed by atoms with Gasteiger partial charge in [-0.15, -0.1) is 0 Å². The second-order valence-electron chi connectivity index (χ2n) is 7.45. The summed E-state index contributed by atoms with van der Waals surface area (Å²) >= 11 is 3.40. The molecule has 8 nitrogen and oxygen atoms in total. The van der Waals surface area contributed by atoms with Gasteiger partial charge in [0.25, 0.3) is 5.60 Å². The summed E-state index contributed by atoms with van der Waals surface area (Å²) in [6.45, 7) is 5.93. The number of amides is 1. The SMILES string of the molecule is CCOC(=O)C1(c2ccc(Br)cc2)CC([C@@H](NC(=O)Cc2cnc[nH]2)C(C)C)=NO1. The Balaban J connectivity index is 1.81. The van der Waals surface area contributed by atoms with Crippen LogP contribution in [0.5, 0.6) is 0 Å². The average molecular weight is 477 g/mol. The molecule has 1 amide bonds. The number of H-pyrrole nitrogens is 1. The third-order valence-electron chi connectivity index (χ3n) is 4.91. The number of oxime groups is 1. The molecule has 2 heterocycles. The Labute approximate surface area is 183 Å². The molecule has 0 spiro atoms. The highest BCUT2D eigenvalue weighted by molar-refractivity contribution is 9.10. The van der Waals surface area contributed by atoms with Gasteiger partial charge in [0.2, 0.25) is 5.91 Å². The van der Waals surface area contributed by atoms with Gasteiger partial charge in [0.05, 0.1) is 31.1 Å². The van der Waals surface area contributed by atoms with Crippen molar-refractivity contribution in [3.05, 3.63) is 52.5 Å². The number of carbonyl (C=O) groups excluding carboxylic acids is 2. The van der Waals surface area contributed by atoms with Crippen LogP contribution < -0.4 is 5.32 Å². The lowest BCUT2D eigenvalue weighted by molar-refractivity contribution is -0.170. The number of carbonyl (C=O) groups is 2. The molecule has 3 rings (SSSR count). The van der Waals surface area contributed by atoms with E-state index in [1.165, 1.54) is 6.33 Å². The standard InChI is InChI=1S/C21H25BrN4O4/c1-4-29-20(28)21(14-5-7-15(22)8-6-14)10-17(26-30-21)19(13(2)3)25-18(27)9-16-11-23-12-24-16/h5-8,11-13,19H,4,9-10H2,1-3H3,(H,23,24)(H,25,27)/t19-,21?/m0/s1. The maximum Gasteiger partial charge on any atom is 0.358 e. The summed E-state index contributed by atoms with van der Waals surface area (Å²) in [4.78, 5) is 38.0. The zero-order valence-corrected chi connectivity index (χ0v) is 18.7. The largest absolute Gasteiger partial charge is 0.463 e.